The summed E-state index contributed by atoms with van der Waals surface area (Å²) in [5.41, 5.74) is 0.180. The molecule has 0 aromatic carbocycles. The van der Waals surface area contributed by atoms with E-state index in [2.05, 4.69) is 26.1 Å². The Morgan fingerprint density at radius 1 is 1.10 bits per heavy atom. The van der Waals surface area contributed by atoms with E-state index in [1.807, 2.05) is 0 Å². The molecule has 1 atom stereocenters. The fourth-order valence-corrected chi connectivity index (χ4v) is 4.96. The van der Waals surface area contributed by atoms with E-state index in [-0.39, 0.29) is 29.7 Å². The van der Waals surface area contributed by atoms with Crippen LogP contribution in [0.25, 0.3) is 0 Å². The Labute approximate surface area is 135 Å². The van der Waals surface area contributed by atoms with Gasteiger partial charge in [0.1, 0.15) is 0 Å². The average molecular weight is 318 g/mol. The molecule has 0 spiro atoms. The molecule has 124 valence electrons. The summed E-state index contributed by atoms with van der Waals surface area (Å²) < 4.78 is 6.28. The molecule has 4 aliphatic carbocycles. The Bertz CT molecular complexity index is 318. The molecule has 3 nitrogen and oxygen atoms in total. The normalized spacial score (nSPS) is 39.1. The summed E-state index contributed by atoms with van der Waals surface area (Å²) >= 11 is 0. The van der Waals surface area contributed by atoms with Crippen molar-refractivity contribution in [3.05, 3.63) is 0 Å². The Balaban J connectivity index is 0.00000161. The van der Waals surface area contributed by atoms with Crippen LogP contribution in [0.4, 0.5) is 0 Å². The van der Waals surface area contributed by atoms with Gasteiger partial charge in [-0.15, -0.1) is 12.4 Å². The standard InChI is InChI=1S/C17H31NO2.ClH/c1-16(2,3)18-10-15(19)11-20-17-7-12-4-13(8-17)6-14(5-12)9-17;/h12-15,18-19H,4-11H2,1-3H3;1H. The molecule has 0 heterocycles. The lowest BCUT2D eigenvalue weighted by atomic mass is 9.54. The summed E-state index contributed by atoms with van der Waals surface area (Å²) in [6, 6.07) is 0. The number of aliphatic hydroxyl groups is 1. The second-order valence-electron chi connectivity index (χ2n) is 8.70. The van der Waals surface area contributed by atoms with Gasteiger partial charge in [0.2, 0.25) is 0 Å². The third-order valence-corrected chi connectivity index (χ3v) is 5.43. The number of β-amino-alcohol motifs (C(OH)–C–C–N with tert-alkyl or cyclic N) is 1. The third kappa shape index (κ3) is 4.34. The van der Waals surface area contributed by atoms with E-state index in [1.54, 1.807) is 0 Å². The van der Waals surface area contributed by atoms with Crippen LogP contribution in [-0.4, -0.2) is 35.5 Å². The second kappa shape index (κ2) is 6.35. The van der Waals surface area contributed by atoms with Gasteiger partial charge in [-0.2, -0.15) is 0 Å². The minimum absolute atomic E-state index is 0. The maximum Gasteiger partial charge on any atom is 0.0898 e. The number of hydrogen-bond acceptors (Lipinski definition) is 3. The van der Waals surface area contributed by atoms with E-state index in [9.17, 15) is 5.11 Å². The summed E-state index contributed by atoms with van der Waals surface area (Å²) in [5.74, 6) is 2.73. The van der Waals surface area contributed by atoms with Crippen LogP contribution in [0.15, 0.2) is 0 Å². The zero-order chi connectivity index (χ0) is 14.4. The SMILES string of the molecule is CC(C)(C)NCC(O)COC12CC3CC(CC(C3)C1)C2.Cl. The average Bonchev–Trinajstić information content (AvgIpc) is 2.31. The van der Waals surface area contributed by atoms with Gasteiger partial charge in [-0.25, -0.2) is 0 Å². The van der Waals surface area contributed by atoms with Gasteiger partial charge in [0, 0.05) is 12.1 Å². The molecule has 4 heteroatoms. The van der Waals surface area contributed by atoms with Gasteiger partial charge in [0.05, 0.1) is 18.3 Å². The third-order valence-electron chi connectivity index (χ3n) is 5.43. The van der Waals surface area contributed by atoms with E-state index in [1.165, 1.54) is 38.5 Å². The lowest BCUT2D eigenvalue weighted by molar-refractivity contribution is -0.174. The van der Waals surface area contributed by atoms with Gasteiger partial charge in [0.15, 0.2) is 0 Å². The number of nitrogens with one attached hydrogen (secondary N) is 1. The maximum atomic E-state index is 10.1. The summed E-state index contributed by atoms with van der Waals surface area (Å²) in [6.45, 7) is 7.49. The Morgan fingerprint density at radius 3 is 2.00 bits per heavy atom. The topological polar surface area (TPSA) is 41.5 Å². The quantitative estimate of drug-likeness (QED) is 0.818. The molecule has 0 aliphatic heterocycles. The summed E-state index contributed by atoms with van der Waals surface area (Å²) in [5, 5.41) is 13.5. The highest BCUT2D eigenvalue weighted by atomic mass is 35.5. The molecule has 0 aromatic heterocycles. The highest BCUT2D eigenvalue weighted by Crippen LogP contribution is 2.57. The zero-order valence-corrected chi connectivity index (χ0v) is 14.5. The Hall–Kier alpha value is 0.170. The Kier molecular flexibility index (Phi) is 5.30. The van der Waals surface area contributed by atoms with Crippen LogP contribution < -0.4 is 5.32 Å². The minimum atomic E-state index is -0.387. The van der Waals surface area contributed by atoms with Gasteiger partial charge in [0.25, 0.3) is 0 Å². The first-order valence-corrected chi connectivity index (χ1v) is 8.41. The van der Waals surface area contributed by atoms with Crippen molar-refractivity contribution < 1.29 is 9.84 Å². The monoisotopic (exact) mass is 317 g/mol. The summed E-state index contributed by atoms with van der Waals surface area (Å²) in [7, 11) is 0. The first kappa shape index (κ1) is 17.5. The van der Waals surface area contributed by atoms with Gasteiger partial charge >= 0.3 is 0 Å². The van der Waals surface area contributed by atoms with Crippen molar-refractivity contribution in [3.8, 4) is 0 Å². The number of hydrogen-bond donors (Lipinski definition) is 2. The predicted octanol–water partition coefficient (Wildman–Crippen LogP) is 3.14. The summed E-state index contributed by atoms with van der Waals surface area (Å²) in [4.78, 5) is 0. The molecule has 0 radical (unpaired) electrons. The Morgan fingerprint density at radius 2 is 1.57 bits per heavy atom. The number of aliphatic hydroxyl groups excluding tert-OH is 1. The molecule has 2 N–H and O–H groups in total. The van der Waals surface area contributed by atoms with Crippen LogP contribution in [0.3, 0.4) is 0 Å². The van der Waals surface area contributed by atoms with Crippen molar-refractivity contribution in [2.24, 2.45) is 17.8 Å². The lowest BCUT2D eigenvalue weighted by Crippen LogP contribution is -2.53. The van der Waals surface area contributed by atoms with Crippen LogP contribution in [0.5, 0.6) is 0 Å². The van der Waals surface area contributed by atoms with Crippen LogP contribution in [-0.2, 0) is 4.74 Å². The van der Waals surface area contributed by atoms with Crippen molar-refractivity contribution in [2.45, 2.75) is 76.5 Å². The predicted molar refractivity (Wildman–Crippen MR) is 87.9 cm³/mol. The number of ether oxygens (including phenoxy) is 1. The fourth-order valence-electron chi connectivity index (χ4n) is 4.96. The molecule has 0 amide bonds. The van der Waals surface area contributed by atoms with E-state index in [0.29, 0.717) is 13.2 Å². The molecule has 0 aromatic rings. The van der Waals surface area contributed by atoms with E-state index in [4.69, 9.17) is 4.74 Å². The summed E-state index contributed by atoms with van der Waals surface area (Å²) in [6.07, 6.45) is 7.68. The lowest BCUT2D eigenvalue weighted by Gasteiger charge is -2.56. The second-order valence-corrected chi connectivity index (χ2v) is 8.70. The van der Waals surface area contributed by atoms with Crippen molar-refractivity contribution in [2.75, 3.05) is 13.2 Å². The van der Waals surface area contributed by atoms with Gasteiger partial charge in [-0.3, -0.25) is 0 Å². The molecule has 4 rings (SSSR count). The van der Waals surface area contributed by atoms with Gasteiger partial charge < -0.3 is 15.2 Å². The van der Waals surface area contributed by atoms with Crippen LogP contribution >= 0.6 is 12.4 Å². The number of rotatable bonds is 5. The van der Waals surface area contributed by atoms with E-state index in [0.717, 1.165) is 17.8 Å². The molecular formula is C17H32ClNO2. The van der Waals surface area contributed by atoms with Crippen molar-refractivity contribution in [3.63, 3.8) is 0 Å². The van der Waals surface area contributed by atoms with E-state index >= 15 is 0 Å². The molecular weight excluding hydrogens is 286 g/mol. The van der Waals surface area contributed by atoms with E-state index < -0.39 is 0 Å². The van der Waals surface area contributed by atoms with Gasteiger partial charge in [-0.1, -0.05) is 0 Å². The highest BCUT2D eigenvalue weighted by Gasteiger charge is 2.51. The molecule has 4 saturated carbocycles. The van der Waals surface area contributed by atoms with Crippen LogP contribution in [0.1, 0.15) is 59.3 Å². The number of halogens is 1. The minimum Gasteiger partial charge on any atom is -0.389 e. The molecule has 4 bridgehead atoms. The first-order valence-electron chi connectivity index (χ1n) is 8.41. The smallest absolute Gasteiger partial charge is 0.0898 e. The fraction of sp³-hybridized carbons (Fsp3) is 1.00. The molecule has 4 fully saturated rings. The van der Waals surface area contributed by atoms with Gasteiger partial charge in [-0.05, 0) is 77.0 Å². The molecule has 4 aliphatic rings. The maximum absolute atomic E-state index is 10.1. The highest BCUT2D eigenvalue weighted by molar-refractivity contribution is 5.85. The van der Waals surface area contributed by atoms with Crippen molar-refractivity contribution in [1.29, 1.82) is 0 Å². The van der Waals surface area contributed by atoms with Crippen molar-refractivity contribution in [1.82, 2.24) is 5.32 Å². The molecule has 1 unspecified atom stereocenters. The molecule has 0 saturated heterocycles. The molecule has 21 heavy (non-hydrogen) atoms. The zero-order valence-electron chi connectivity index (χ0n) is 13.7. The first-order chi connectivity index (χ1) is 9.34. The largest absolute Gasteiger partial charge is 0.389 e. The van der Waals surface area contributed by atoms with Crippen molar-refractivity contribution >= 4 is 12.4 Å². The van der Waals surface area contributed by atoms with Crippen LogP contribution in [0.2, 0.25) is 0 Å². The van der Waals surface area contributed by atoms with Crippen LogP contribution in [0, 0.1) is 17.8 Å².